The molecule has 2 N–H and O–H groups in total. The number of carbonyl (C=O) groups excluding carboxylic acids is 1. The number of aliphatic hydroxyl groups is 1. The number of nitrogens with one attached hydrogen (secondary N) is 1. The lowest BCUT2D eigenvalue weighted by molar-refractivity contribution is 0.0915. The first-order chi connectivity index (χ1) is 9.72. The van der Waals surface area contributed by atoms with Gasteiger partial charge in [0.25, 0.3) is 5.91 Å². The van der Waals surface area contributed by atoms with Crippen molar-refractivity contribution < 1.29 is 14.3 Å². The van der Waals surface area contributed by atoms with Gasteiger partial charge in [0, 0.05) is 12.1 Å². The smallest absolute Gasteiger partial charge is 0.287 e. The number of hydrogen-bond acceptors (Lipinski definition) is 3. The maximum Gasteiger partial charge on any atom is 0.287 e. The molecule has 1 amide bonds. The molecule has 20 heavy (non-hydrogen) atoms. The predicted molar refractivity (Wildman–Crippen MR) is 77.4 cm³/mol. The Bertz CT molecular complexity index is 548. The molecule has 0 aliphatic carbocycles. The van der Waals surface area contributed by atoms with Crippen LogP contribution in [0.1, 0.15) is 30.3 Å². The second-order valence-corrected chi connectivity index (χ2v) is 4.64. The molecule has 2 rings (SSSR count). The first-order valence-corrected chi connectivity index (χ1v) is 6.81. The molecule has 0 aliphatic heterocycles. The fraction of sp³-hybridized carbons (Fsp3) is 0.312. The largest absolute Gasteiger partial charge is 0.459 e. The van der Waals surface area contributed by atoms with E-state index in [4.69, 9.17) is 4.42 Å². The van der Waals surface area contributed by atoms with Gasteiger partial charge in [0.1, 0.15) is 0 Å². The molecule has 1 aromatic carbocycles. The second kappa shape index (κ2) is 6.91. The monoisotopic (exact) mass is 273 g/mol. The first-order valence-electron chi connectivity index (χ1n) is 6.81. The Labute approximate surface area is 118 Å². The number of benzene rings is 1. The number of rotatable bonds is 6. The van der Waals surface area contributed by atoms with E-state index in [1.54, 1.807) is 6.07 Å². The maximum atomic E-state index is 12.1. The van der Waals surface area contributed by atoms with Crippen LogP contribution in [0, 0.1) is 0 Å². The molecule has 1 unspecified atom stereocenters. The third kappa shape index (κ3) is 3.48. The molecule has 0 aliphatic rings. The normalized spacial score (nSPS) is 12.1. The van der Waals surface area contributed by atoms with E-state index in [-0.39, 0.29) is 12.0 Å². The standard InChI is InChI=1S/C16H19NO3/c1-2-13(18)8-10-17-16(19)15-14(9-11-20-15)12-6-4-3-5-7-12/h3-7,9,11,13,18H,2,8,10H2,1H3,(H,17,19). The van der Waals surface area contributed by atoms with Crippen LogP contribution < -0.4 is 5.32 Å². The highest BCUT2D eigenvalue weighted by molar-refractivity contribution is 5.98. The number of amides is 1. The average Bonchev–Trinajstić information content (AvgIpc) is 2.97. The van der Waals surface area contributed by atoms with Crippen LogP contribution >= 0.6 is 0 Å². The van der Waals surface area contributed by atoms with Crippen LogP contribution in [-0.4, -0.2) is 23.7 Å². The highest BCUT2D eigenvalue weighted by Crippen LogP contribution is 2.24. The summed E-state index contributed by atoms with van der Waals surface area (Å²) < 4.78 is 5.29. The minimum Gasteiger partial charge on any atom is -0.459 e. The number of hydrogen-bond donors (Lipinski definition) is 2. The van der Waals surface area contributed by atoms with E-state index in [9.17, 15) is 9.90 Å². The molecular formula is C16H19NO3. The summed E-state index contributed by atoms with van der Waals surface area (Å²) in [5, 5.41) is 12.2. The zero-order valence-corrected chi connectivity index (χ0v) is 11.5. The van der Waals surface area contributed by atoms with Crippen LogP contribution in [0.2, 0.25) is 0 Å². The van der Waals surface area contributed by atoms with E-state index in [2.05, 4.69) is 5.32 Å². The van der Waals surface area contributed by atoms with E-state index in [0.717, 1.165) is 11.1 Å². The molecule has 1 aromatic heterocycles. The van der Waals surface area contributed by atoms with Crippen LogP contribution in [0.3, 0.4) is 0 Å². The van der Waals surface area contributed by atoms with Gasteiger partial charge in [0.15, 0.2) is 5.76 Å². The molecule has 4 heteroatoms. The summed E-state index contributed by atoms with van der Waals surface area (Å²) >= 11 is 0. The van der Waals surface area contributed by atoms with Crippen LogP contribution in [0.25, 0.3) is 11.1 Å². The molecule has 0 fully saturated rings. The molecule has 106 valence electrons. The summed E-state index contributed by atoms with van der Waals surface area (Å²) in [7, 11) is 0. The van der Waals surface area contributed by atoms with Crippen molar-refractivity contribution in [1.82, 2.24) is 5.32 Å². The van der Waals surface area contributed by atoms with Gasteiger partial charge in [0.2, 0.25) is 0 Å². The van der Waals surface area contributed by atoms with E-state index < -0.39 is 0 Å². The van der Waals surface area contributed by atoms with E-state index in [1.807, 2.05) is 37.3 Å². The molecular weight excluding hydrogens is 254 g/mol. The number of carbonyl (C=O) groups is 1. The molecule has 0 saturated heterocycles. The lowest BCUT2D eigenvalue weighted by atomic mass is 10.1. The van der Waals surface area contributed by atoms with Crippen molar-refractivity contribution in [3.05, 3.63) is 48.4 Å². The van der Waals surface area contributed by atoms with Crippen molar-refractivity contribution in [1.29, 1.82) is 0 Å². The summed E-state index contributed by atoms with van der Waals surface area (Å²) in [6.45, 7) is 2.34. The Morgan fingerprint density at radius 3 is 2.75 bits per heavy atom. The fourth-order valence-corrected chi connectivity index (χ4v) is 1.97. The molecule has 2 aromatic rings. The lowest BCUT2D eigenvalue weighted by Crippen LogP contribution is -2.27. The quantitative estimate of drug-likeness (QED) is 0.850. The van der Waals surface area contributed by atoms with Crippen molar-refractivity contribution in [2.45, 2.75) is 25.9 Å². The van der Waals surface area contributed by atoms with Crippen molar-refractivity contribution in [3.63, 3.8) is 0 Å². The number of aliphatic hydroxyl groups excluding tert-OH is 1. The molecule has 0 radical (unpaired) electrons. The van der Waals surface area contributed by atoms with Crippen LogP contribution in [0.4, 0.5) is 0 Å². The van der Waals surface area contributed by atoms with Gasteiger partial charge in [-0.1, -0.05) is 37.3 Å². The zero-order valence-electron chi connectivity index (χ0n) is 11.5. The highest BCUT2D eigenvalue weighted by Gasteiger charge is 2.16. The summed E-state index contributed by atoms with van der Waals surface area (Å²) in [6.07, 6.45) is 2.37. The zero-order chi connectivity index (χ0) is 14.4. The molecule has 0 spiro atoms. The molecule has 0 saturated carbocycles. The van der Waals surface area contributed by atoms with E-state index >= 15 is 0 Å². The summed E-state index contributed by atoms with van der Waals surface area (Å²) in [5.74, 6) is 0.0549. The minimum absolute atomic E-state index is 0.253. The Hall–Kier alpha value is -2.07. The Balaban J connectivity index is 2.03. The van der Waals surface area contributed by atoms with Gasteiger partial charge in [-0.3, -0.25) is 4.79 Å². The van der Waals surface area contributed by atoms with Gasteiger partial charge in [-0.25, -0.2) is 0 Å². The van der Waals surface area contributed by atoms with E-state index in [1.165, 1.54) is 6.26 Å². The predicted octanol–water partition coefficient (Wildman–Crippen LogP) is 2.84. The number of furan rings is 1. The fourth-order valence-electron chi connectivity index (χ4n) is 1.97. The Morgan fingerprint density at radius 1 is 1.30 bits per heavy atom. The molecule has 1 heterocycles. The Morgan fingerprint density at radius 2 is 2.05 bits per heavy atom. The summed E-state index contributed by atoms with van der Waals surface area (Å²) in [4.78, 5) is 12.1. The van der Waals surface area contributed by atoms with Gasteiger partial charge >= 0.3 is 0 Å². The van der Waals surface area contributed by atoms with Crippen molar-refractivity contribution >= 4 is 5.91 Å². The third-order valence-corrected chi connectivity index (χ3v) is 3.19. The van der Waals surface area contributed by atoms with Crippen molar-refractivity contribution in [2.24, 2.45) is 0 Å². The summed E-state index contributed by atoms with van der Waals surface area (Å²) in [5.41, 5.74) is 1.72. The Kier molecular flexibility index (Phi) is 4.96. The van der Waals surface area contributed by atoms with Crippen molar-refractivity contribution in [3.8, 4) is 11.1 Å². The van der Waals surface area contributed by atoms with E-state index in [0.29, 0.717) is 25.1 Å². The topological polar surface area (TPSA) is 62.5 Å². The lowest BCUT2D eigenvalue weighted by Gasteiger charge is -2.08. The highest BCUT2D eigenvalue weighted by atomic mass is 16.3. The second-order valence-electron chi connectivity index (χ2n) is 4.64. The van der Waals surface area contributed by atoms with Crippen LogP contribution in [0.5, 0.6) is 0 Å². The van der Waals surface area contributed by atoms with Gasteiger partial charge in [0.05, 0.1) is 12.4 Å². The van der Waals surface area contributed by atoms with Gasteiger partial charge in [-0.15, -0.1) is 0 Å². The molecule has 0 bridgehead atoms. The third-order valence-electron chi connectivity index (χ3n) is 3.19. The first kappa shape index (κ1) is 14.3. The molecule has 4 nitrogen and oxygen atoms in total. The van der Waals surface area contributed by atoms with Gasteiger partial charge in [-0.05, 0) is 24.5 Å². The summed E-state index contributed by atoms with van der Waals surface area (Å²) in [6, 6.07) is 11.4. The van der Waals surface area contributed by atoms with Crippen LogP contribution in [-0.2, 0) is 0 Å². The minimum atomic E-state index is -0.375. The molecule has 1 atom stereocenters. The van der Waals surface area contributed by atoms with Crippen LogP contribution in [0.15, 0.2) is 47.1 Å². The van der Waals surface area contributed by atoms with Crippen molar-refractivity contribution in [2.75, 3.05) is 6.54 Å². The van der Waals surface area contributed by atoms with Gasteiger partial charge in [-0.2, -0.15) is 0 Å². The SMILES string of the molecule is CCC(O)CCNC(=O)c1occc1-c1ccccc1. The maximum absolute atomic E-state index is 12.1. The van der Waals surface area contributed by atoms with Gasteiger partial charge < -0.3 is 14.8 Å². The average molecular weight is 273 g/mol.